The van der Waals surface area contributed by atoms with E-state index in [4.69, 9.17) is 0 Å². The van der Waals surface area contributed by atoms with Gasteiger partial charge in [-0.05, 0) is 51.2 Å². The van der Waals surface area contributed by atoms with E-state index in [1.54, 1.807) is 11.3 Å². The molecule has 142 valence electrons. The number of nitrogens with zero attached hydrogens (tertiary/aromatic N) is 4. The fraction of sp³-hybridized carbons (Fsp3) is 0.632. The van der Waals surface area contributed by atoms with Crippen molar-refractivity contribution in [3.63, 3.8) is 0 Å². The predicted octanol–water partition coefficient (Wildman–Crippen LogP) is 3.32. The quantitative estimate of drug-likeness (QED) is 0.841. The molecule has 0 saturated carbocycles. The lowest BCUT2D eigenvalue weighted by atomic mass is 9.96. The summed E-state index contributed by atoms with van der Waals surface area (Å²) >= 11 is 1.62. The third-order valence-corrected chi connectivity index (χ3v) is 5.99. The third-order valence-electron chi connectivity index (χ3n) is 5.02. The first kappa shape index (κ1) is 18.9. The van der Waals surface area contributed by atoms with Gasteiger partial charge in [-0.1, -0.05) is 25.2 Å². The van der Waals surface area contributed by atoms with Crippen LogP contribution in [0.1, 0.15) is 44.5 Å². The molecule has 1 N–H and O–H groups in total. The number of aromatic nitrogens is 3. The Morgan fingerprint density at radius 2 is 1.81 bits per heavy atom. The maximum Gasteiger partial charge on any atom is 0.223 e. The van der Waals surface area contributed by atoms with E-state index in [9.17, 15) is 4.79 Å². The van der Waals surface area contributed by atoms with Gasteiger partial charge in [-0.25, -0.2) is 0 Å². The topological polar surface area (TPSA) is 63.1 Å². The summed E-state index contributed by atoms with van der Waals surface area (Å²) in [7, 11) is 0. The number of rotatable bonds is 6. The highest BCUT2D eigenvalue weighted by Crippen LogP contribution is 2.29. The van der Waals surface area contributed by atoms with Gasteiger partial charge >= 0.3 is 0 Å². The number of carbonyl (C=O) groups is 1. The first-order chi connectivity index (χ1) is 12.5. The van der Waals surface area contributed by atoms with Gasteiger partial charge in [0.25, 0.3) is 0 Å². The Hall–Kier alpha value is -1.89. The largest absolute Gasteiger partial charge is 0.356 e. The van der Waals surface area contributed by atoms with Gasteiger partial charge in [0.05, 0.1) is 0 Å². The Labute approximate surface area is 159 Å². The van der Waals surface area contributed by atoms with Crippen molar-refractivity contribution in [3.05, 3.63) is 23.5 Å². The Kier molecular flexibility index (Phi) is 5.96. The first-order valence-electron chi connectivity index (χ1n) is 9.47. The number of anilines is 1. The molecule has 1 aliphatic rings. The van der Waals surface area contributed by atoms with Crippen LogP contribution in [0.25, 0.3) is 5.13 Å². The summed E-state index contributed by atoms with van der Waals surface area (Å²) in [4.78, 5) is 14.6. The summed E-state index contributed by atoms with van der Waals surface area (Å²) in [6.07, 6.45) is 2.80. The standard InChI is InChI=1S/C19H29N5OS/c1-13(2)7-10-20-17(25)16-8-11-23(12-9-16)18-21-22-19(26-18)24-14(3)5-6-15(24)4/h5-6,13,16H,7-12H2,1-4H3,(H,20,25). The van der Waals surface area contributed by atoms with Crippen LogP contribution in [-0.4, -0.2) is 40.3 Å². The second-order valence-corrected chi connectivity index (χ2v) is 8.49. The van der Waals surface area contributed by atoms with Crippen LogP contribution in [0.2, 0.25) is 0 Å². The van der Waals surface area contributed by atoms with Gasteiger partial charge < -0.3 is 10.2 Å². The lowest BCUT2D eigenvalue weighted by Crippen LogP contribution is -2.41. The summed E-state index contributed by atoms with van der Waals surface area (Å²) in [6.45, 7) is 11.0. The molecule has 1 fully saturated rings. The van der Waals surface area contributed by atoms with Crippen LogP contribution in [-0.2, 0) is 4.79 Å². The molecule has 1 amide bonds. The molecule has 0 atom stereocenters. The number of nitrogens with one attached hydrogen (secondary N) is 1. The summed E-state index contributed by atoms with van der Waals surface area (Å²) in [5, 5.41) is 13.7. The molecular formula is C19H29N5OS. The molecule has 0 bridgehead atoms. The van der Waals surface area contributed by atoms with Crippen LogP contribution in [0, 0.1) is 25.7 Å². The fourth-order valence-electron chi connectivity index (χ4n) is 3.36. The van der Waals surface area contributed by atoms with Gasteiger partial charge in [0.15, 0.2) is 0 Å². The summed E-state index contributed by atoms with van der Waals surface area (Å²) in [5.41, 5.74) is 2.34. The van der Waals surface area contributed by atoms with Crippen molar-refractivity contribution in [3.8, 4) is 5.13 Å². The minimum atomic E-state index is 0.125. The number of carbonyl (C=O) groups excluding carboxylic acids is 1. The highest BCUT2D eigenvalue weighted by molar-refractivity contribution is 7.17. The molecule has 26 heavy (non-hydrogen) atoms. The SMILES string of the molecule is Cc1ccc(C)n1-c1nnc(N2CCC(C(=O)NCCC(C)C)CC2)s1. The van der Waals surface area contributed by atoms with Gasteiger partial charge in [-0.2, -0.15) is 0 Å². The first-order valence-corrected chi connectivity index (χ1v) is 10.3. The highest BCUT2D eigenvalue weighted by Gasteiger charge is 2.26. The molecule has 0 spiro atoms. The molecule has 2 aromatic heterocycles. The van der Waals surface area contributed by atoms with Crippen LogP contribution >= 0.6 is 11.3 Å². The van der Waals surface area contributed by atoms with Crippen molar-refractivity contribution in [1.82, 2.24) is 20.1 Å². The van der Waals surface area contributed by atoms with Crippen molar-refractivity contribution in [1.29, 1.82) is 0 Å². The molecule has 0 unspecified atom stereocenters. The number of piperidine rings is 1. The van der Waals surface area contributed by atoms with Crippen molar-refractivity contribution < 1.29 is 4.79 Å². The molecule has 3 rings (SSSR count). The maximum atomic E-state index is 12.3. The van der Waals surface area contributed by atoms with Crippen molar-refractivity contribution in [2.75, 3.05) is 24.5 Å². The molecule has 0 aromatic carbocycles. The zero-order valence-electron chi connectivity index (χ0n) is 16.2. The monoisotopic (exact) mass is 375 g/mol. The molecule has 0 aliphatic carbocycles. The number of hydrogen-bond acceptors (Lipinski definition) is 5. The number of hydrogen-bond donors (Lipinski definition) is 1. The van der Waals surface area contributed by atoms with Crippen LogP contribution in [0.3, 0.4) is 0 Å². The van der Waals surface area contributed by atoms with E-state index >= 15 is 0 Å². The molecule has 3 heterocycles. The van der Waals surface area contributed by atoms with Crippen LogP contribution < -0.4 is 10.2 Å². The minimum Gasteiger partial charge on any atom is -0.356 e. The predicted molar refractivity (Wildman–Crippen MR) is 106 cm³/mol. The summed E-state index contributed by atoms with van der Waals surface area (Å²) < 4.78 is 2.14. The minimum absolute atomic E-state index is 0.125. The van der Waals surface area contributed by atoms with Gasteiger partial charge in [0.1, 0.15) is 0 Å². The van der Waals surface area contributed by atoms with Crippen LogP contribution in [0.5, 0.6) is 0 Å². The summed E-state index contributed by atoms with van der Waals surface area (Å²) in [6, 6.07) is 4.19. The van der Waals surface area contributed by atoms with Crippen LogP contribution in [0.4, 0.5) is 5.13 Å². The molecule has 1 aliphatic heterocycles. The normalized spacial score (nSPS) is 15.7. The van der Waals surface area contributed by atoms with Crippen molar-refractivity contribution in [2.45, 2.75) is 47.0 Å². The molecular weight excluding hydrogens is 346 g/mol. The second-order valence-electron chi connectivity index (χ2n) is 7.55. The summed E-state index contributed by atoms with van der Waals surface area (Å²) in [5.74, 6) is 0.956. The van der Waals surface area contributed by atoms with E-state index in [1.165, 1.54) is 11.4 Å². The molecule has 0 radical (unpaired) electrons. The van der Waals surface area contributed by atoms with E-state index in [0.29, 0.717) is 5.92 Å². The van der Waals surface area contributed by atoms with Crippen molar-refractivity contribution in [2.24, 2.45) is 11.8 Å². The van der Waals surface area contributed by atoms with Gasteiger partial charge in [-0.15, -0.1) is 10.2 Å². The van der Waals surface area contributed by atoms with Crippen LogP contribution in [0.15, 0.2) is 12.1 Å². The Morgan fingerprint density at radius 3 is 2.42 bits per heavy atom. The zero-order valence-corrected chi connectivity index (χ0v) is 17.0. The fourth-order valence-corrected chi connectivity index (χ4v) is 4.38. The van der Waals surface area contributed by atoms with Crippen molar-refractivity contribution >= 4 is 22.4 Å². The van der Waals surface area contributed by atoms with E-state index in [2.05, 4.69) is 64.8 Å². The van der Waals surface area contributed by atoms with E-state index in [1.807, 2.05) is 0 Å². The third kappa shape index (κ3) is 4.26. The smallest absolute Gasteiger partial charge is 0.223 e. The molecule has 2 aromatic rings. The molecule has 6 nitrogen and oxygen atoms in total. The zero-order chi connectivity index (χ0) is 18.7. The maximum absolute atomic E-state index is 12.3. The lowest BCUT2D eigenvalue weighted by Gasteiger charge is -2.30. The lowest BCUT2D eigenvalue weighted by molar-refractivity contribution is -0.125. The van der Waals surface area contributed by atoms with E-state index in [-0.39, 0.29) is 11.8 Å². The Bertz CT molecular complexity index is 723. The molecule has 1 saturated heterocycles. The Balaban J connectivity index is 1.55. The Morgan fingerprint density at radius 1 is 1.19 bits per heavy atom. The number of aryl methyl sites for hydroxylation is 2. The number of amides is 1. The van der Waals surface area contributed by atoms with Gasteiger partial charge in [0, 0.05) is 36.9 Å². The second kappa shape index (κ2) is 8.20. The average molecular weight is 376 g/mol. The van der Waals surface area contributed by atoms with E-state index < -0.39 is 0 Å². The van der Waals surface area contributed by atoms with E-state index in [0.717, 1.165) is 49.2 Å². The average Bonchev–Trinajstić information content (AvgIpc) is 3.21. The highest BCUT2D eigenvalue weighted by atomic mass is 32.1. The van der Waals surface area contributed by atoms with Gasteiger partial charge in [0.2, 0.25) is 16.2 Å². The molecule has 7 heteroatoms. The van der Waals surface area contributed by atoms with Gasteiger partial charge in [-0.3, -0.25) is 9.36 Å².